The highest BCUT2D eigenvalue weighted by Gasteiger charge is 2.39. The number of phenolic OH excluding ortho intramolecular Hbond substituents is 1. The molecule has 1 aliphatic rings. The van der Waals surface area contributed by atoms with Crippen LogP contribution in [0.25, 0.3) is 0 Å². The number of rotatable bonds is 1. The van der Waals surface area contributed by atoms with Crippen molar-refractivity contribution in [1.29, 1.82) is 0 Å². The van der Waals surface area contributed by atoms with Crippen molar-refractivity contribution in [2.75, 3.05) is 13.1 Å². The van der Waals surface area contributed by atoms with Crippen LogP contribution in [-0.4, -0.2) is 39.9 Å². The molecule has 1 aromatic carbocycles. The van der Waals surface area contributed by atoms with Crippen LogP contribution >= 0.6 is 0 Å². The molecule has 1 unspecified atom stereocenters. The number of carbonyl (C=O) groups is 1. The molecule has 21 heavy (non-hydrogen) atoms. The average molecular weight is 293 g/mol. The summed E-state index contributed by atoms with van der Waals surface area (Å²) in [6, 6.07) is 6.70. The van der Waals surface area contributed by atoms with Gasteiger partial charge < -0.3 is 19.8 Å². The maximum absolute atomic E-state index is 12.1. The van der Waals surface area contributed by atoms with Gasteiger partial charge >= 0.3 is 6.09 Å². The summed E-state index contributed by atoms with van der Waals surface area (Å²) in [4.78, 5) is 13.6. The summed E-state index contributed by atoms with van der Waals surface area (Å²) in [7, 11) is 0. The zero-order valence-corrected chi connectivity index (χ0v) is 12.8. The predicted molar refractivity (Wildman–Crippen MR) is 79.0 cm³/mol. The van der Waals surface area contributed by atoms with Crippen molar-refractivity contribution in [3.8, 4) is 5.75 Å². The summed E-state index contributed by atoms with van der Waals surface area (Å²) in [6.07, 6.45) is 0.726. The summed E-state index contributed by atoms with van der Waals surface area (Å²) < 4.78 is 5.35. The molecule has 0 spiro atoms. The van der Waals surface area contributed by atoms with Crippen molar-refractivity contribution >= 4 is 6.09 Å². The van der Waals surface area contributed by atoms with Crippen molar-refractivity contribution in [1.82, 2.24) is 4.90 Å². The second-order valence-corrected chi connectivity index (χ2v) is 6.55. The van der Waals surface area contributed by atoms with Crippen molar-refractivity contribution < 1.29 is 19.7 Å². The molecule has 1 aliphatic heterocycles. The normalized spacial score (nSPS) is 23.0. The molecule has 1 amide bonds. The minimum atomic E-state index is -1.24. The van der Waals surface area contributed by atoms with E-state index in [9.17, 15) is 15.0 Å². The van der Waals surface area contributed by atoms with Gasteiger partial charge in [0.2, 0.25) is 0 Å². The molecule has 5 heteroatoms. The first-order chi connectivity index (χ1) is 9.71. The van der Waals surface area contributed by atoms with E-state index in [4.69, 9.17) is 4.74 Å². The van der Waals surface area contributed by atoms with Crippen molar-refractivity contribution in [3.63, 3.8) is 0 Å². The zero-order chi connectivity index (χ0) is 15.7. The van der Waals surface area contributed by atoms with E-state index in [1.807, 2.05) is 20.8 Å². The highest BCUT2D eigenvalue weighted by molar-refractivity contribution is 5.68. The lowest BCUT2D eigenvalue weighted by molar-refractivity contribution is -0.0475. The Morgan fingerprint density at radius 3 is 2.62 bits per heavy atom. The van der Waals surface area contributed by atoms with Gasteiger partial charge in [0.05, 0.1) is 6.54 Å². The number of nitrogens with zero attached hydrogens (tertiary/aromatic N) is 1. The third-order valence-electron chi connectivity index (χ3n) is 3.53. The number of hydrogen-bond donors (Lipinski definition) is 2. The third kappa shape index (κ3) is 3.67. The molecule has 2 rings (SSSR count). The number of carbonyl (C=O) groups excluding carboxylic acids is 1. The molecule has 1 heterocycles. The van der Waals surface area contributed by atoms with E-state index in [2.05, 4.69) is 0 Å². The molecule has 116 valence electrons. The Hall–Kier alpha value is -1.75. The fourth-order valence-electron chi connectivity index (χ4n) is 2.61. The summed E-state index contributed by atoms with van der Waals surface area (Å²) in [6.45, 7) is 6.10. The van der Waals surface area contributed by atoms with Crippen molar-refractivity contribution in [2.24, 2.45) is 0 Å². The highest BCUT2D eigenvalue weighted by Crippen LogP contribution is 2.36. The molecule has 1 saturated heterocycles. The monoisotopic (exact) mass is 293 g/mol. The summed E-state index contributed by atoms with van der Waals surface area (Å²) in [5.41, 5.74) is -1.35. The van der Waals surface area contributed by atoms with Gasteiger partial charge in [0.15, 0.2) is 0 Å². The number of hydrogen-bond acceptors (Lipinski definition) is 4. The number of ether oxygens (including phenoxy) is 1. The molecule has 2 N–H and O–H groups in total. The van der Waals surface area contributed by atoms with E-state index in [1.54, 1.807) is 24.3 Å². The van der Waals surface area contributed by atoms with Crippen LogP contribution in [0.4, 0.5) is 4.79 Å². The summed E-state index contributed by atoms with van der Waals surface area (Å²) in [5.74, 6) is 0.0473. The Labute approximate surface area is 125 Å². The van der Waals surface area contributed by atoms with Gasteiger partial charge in [-0.05, 0) is 39.7 Å². The van der Waals surface area contributed by atoms with E-state index in [0.717, 1.165) is 0 Å². The number of aromatic hydroxyl groups is 1. The lowest BCUT2D eigenvalue weighted by atomic mass is 9.85. The smallest absolute Gasteiger partial charge is 0.410 e. The number of piperidine rings is 1. The first-order valence-corrected chi connectivity index (χ1v) is 7.20. The first kappa shape index (κ1) is 15.6. The number of aliphatic hydroxyl groups is 1. The van der Waals surface area contributed by atoms with E-state index in [-0.39, 0.29) is 12.3 Å². The largest absolute Gasteiger partial charge is 0.508 e. The lowest BCUT2D eigenvalue weighted by Crippen LogP contribution is -2.49. The molecular weight excluding hydrogens is 270 g/mol. The topological polar surface area (TPSA) is 70.0 Å². The van der Waals surface area contributed by atoms with E-state index in [1.165, 1.54) is 4.90 Å². The highest BCUT2D eigenvalue weighted by atomic mass is 16.6. The molecule has 1 fully saturated rings. The Kier molecular flexibility index (Phi) is 4.14. The number of β-amino-alcohol motifs (C(OH)–C–C–N with tert-alkyl or cyclic N) is 1. The number of benzene rings is 1. The van der Waals surface area contributed by atoms with Gasteiger partial charge in [-0.15, -0.1) is 0 Å². The van der Waals surface area contributed by atoms with Crippen LogP contribution in [0.15, 0.2) is 24.3 Å². The van der Waals surface area contributed by atoms with Crippen LogP contribution in [0, 0.1) is 0 Å². The number of para-hydroxylation sites is 1. The Bertz CT molecular complexity index is 523. The minimum Gasteiger partial charge on any atom is -0.508 e. The van der Waals surface area contributed by atoms with E-state index in [0.29, 0.717) is 24.9 Å². The van der Waals surface area contributed by atoms with Crippen LogP contribution in [0.2, 0.25) is 0 Å². The van der Waals surface area contributed by atoms with Gasteiger partial charge in [0.25, 0.3) is 0 Å². The second kappa shape index (κ2) is 5.56. The Balaban J connectivity index is 2.17. The number of phenols is 1. The van der Waals surface area contributed by atoms with Crippen LogP contribution in [0.3, 0.4) is 0 Å². The van der Waals surface area contributed by atoms with Crippen LogP contribution in [0.1, 0.15) is 39.2 Å². The Morgan fingerprint density at radius 2 is 2.00 bits per heavy atom. The molecule has 0 aromatic heterocycles. The quantitative estimate of drug-likeness (QED) is 0.835. The zero-order valence-electron chi connectivity index (χ0n) is 12.8. The fourth-order valence-corrected chi connectivity index (χ4v) is 2.61. The maximum atomic E-state index is 12.1. The Morgan fingerprint density at radius 1 is 1.33 bits per heavy atom. The predicted octanol–water partition coefficient (Wildman–Crippen LogP) is 2.61. The molecule has 1 aromatic rings. The fraction of sp³-hybridized carbons (Fsp3) is 0.562. The van der Waals surface area contributed by atoms with Gasteiger partial charge in [-0.3, -0.25) is 0 Å². The van der Waals surface area contributed by atoms with Crippen LogP contribution in [-0.2, 0) is 10.3 Å². The third-order valence-corrected chi connectivity index (χ3v) is 3.53. The van der Waals surface area contributed by atoms with Gasteiger partial charge in [0.1, 0.15) is 17.0 Å². The standard InChI is InChI=1S/C16H23NO4/c1-15(2,3)21-14(19)17-10-6-9-16(20,11-17)12-7-4-5-8-13(12)18/h4-5,7-8,18,20H,6,9-11H2,1-3H3. The lowest BCUT2D eigenvalue weighted by Gasteiger charge is -2.40. The maximum Gasteiger partial charge on any atom is 0.410 e. The summed E-state index contributed by atoms with van der Waals surface area (Å²) in [5, 5.41) is 20.8. The van der Waals surface area contributed by atoms with Gasteiger partial charge in [-0.2, -0.15) is 0 Å². The first-order valence-electron chi connectivity index (χ1n) is 7.20. The van der Waals surface area contributed by atoms with E-state index >= 15 is 0 Å². The minimum absolute atomic E-state index is 0.0473. The van der Waals surface area contributed by atoms with Gasteiger partial charge in [-0.1, -0.05) is 18.2 Å². The molecule has 0 saturated carbocycles. The van der Waals surface area contributed by atoms with Gasteiger partial charge in [0, 0.05) is 12.1 Å². The molecule has 5 nitrogen and oxygen atoms in total. The summed E-state index contributed by atoms with van der Waals surface area (Å²) >= 11 is 0. The van der Waals surface area contributed by atoms with Crippen molar-refractivity contribution in [2.45, 2.75) is 44.8 Å². The SMILES string of the molecule is CC(C)(C)OC(=O)N1CCCC(O)(c2ccccc2O)C1. The second-order valence-electron chi connectivity index (χ2n) is 6.55. The number of likely N-dealkylation sites (tertiary alicyclic amines) is 1. The molecule has 0 bridgehead atoms. The molecule has 0 aliphatic carbocycles. The van der Waals surface area contributed by atoms with Crippen molar-refractivity contribution in [3.05, 3.63) is 29.8 Å². The average Bonchev–Trinajstić information content (AvgIpc) is 2.37. The molecule has 1 atom stereocenters. The molecular formula is C16H23NO4. The van der Waals surface area contributed by atoms with Gasteiger partial charge in [-0.25, -0.2) is 4.79 Å². The number of amides is 1. The van der Waals surface area contributed by atoms with E-state index < -0.39 is 17.3 Å². The van der Waals surface area contributed by atoms with Crippen LogP contribution < -0.4 is 0 Å². The van der Waals surface area contributed by atoms with Crippen LogP contribution in [0.5, 0.6) is 5.75 Å². The molecule has 0 radical (unpaired) electrons.